The summed E-state index contributed by atoms with van der Waals surface area (Å²) in [6.45, 7) is 8.68. The third-order valence-corrected chi connectivity index (χ3v) is 6.57. The van der Waals surface area contributed by atoms with Crippen LogP contribution in [0.5, 0.6) is 0 Å². The molecule has 4 rings (SSSR count). The van der Waals surface area contributed by atoms with E-state index in [9.17, 15) is 14.4 Å². The summed E-state index contributed by atoms with van der Waals surface area (Å²) in [5, 5.41) is 0. The number of rotatable bonds is 4. The fourth-order valence-corrected chi connectivity index (χ4v) is 4.89. The van der Waals surface area contributed by atoms with Crippen LogP contribution in [0.3, 0.4) is 0 Å². The predicted molar refractivity (Wildman–Crippen MR) is 116 cm³/mol. The van der Waals surface area contributed by atoms with Gasteiger partial charge in [-0.25, -0.2) is 4.79 Å². The lowest BCUT2D eigenvalue weighted by Crippen LogP contribution is -2.45. The van der Waals surface area contributed by atoms with Gasteiger partial charge >= 0.3 is 5.69 Å². The van der Waals surface area contributed by atoms with E-state index >= 15 is 0 Å². The first-order valence-electron chi connectivity index (χ1n) is 10.8. The highest BCUT2D eigenvalue weighted by molar-refractivity contribution is 5.93. The van der Waals surface area contributed by atoms with Crippen LogP contribution in [0.4, 0.5) is 0 Å². The number of hydrogen-bond donors (Lipinski definition) is 2. The highest BCUT2D eigenvalue weighted by Gasteiger charge is 2.43. The summed E-state index contributed by atoms with van der Waals surface area (Å²) in [7, 11) is 0. The average molecular weight is 411 g/mol. The summed E-state index contributed by atoms with van der Waals surface area (Å²) in [6.07, 6.45) is 4.39. The van der Waals surface area contributed by atoms with Crippen molar-refractivity contribution in [1.29, 1.82) is 0 Å². The molecule has 1 amide bonds. The fourth-order valence-electron chi connectivity index (χ4n) is 4.89. The van der Waals surface area contributed by atoms with Crippen LogP contribution in [0, 0.1) is 5.41 Å². The van der Waals surface area contributed by atoms with Crippen molar-refractivity contribution >= 4 is 5.91 Å². The van der Waals surface area contributed by atoms with E-state index in [1.54, 1.807) is 4.90 Å². The summed E-state index contributed by atoms with van der Waals surface area (Å²) in [6, 6.07) is 8.89. The van der Waals surface area contributed by atoms with Gasteiger partial charge in [-0.15, -0.1) is 0 Å². The summed E-state index contributed by atoms with van der Waals surface area (Å²) >= 11 is 0. The Balaban J connectivity index is 1.42. The standard InChI is InChI=1S/C23H30N4O3/c1-16(2)18-6-4-17(5-7-18)13-26-10-3-8-23(14-26)9-11-27(15-23)21(29)19-12-24-22(30)25-20(19)28/h4-7,12,16H,3,8-11,13-15H2,1-2H3,(H2,24,25,28,30)/t23-/m1/s1. The Morgan fingerprint density at radius 1 is 1.10 bits per heavy atom. The zero-order chi connectivity index (χ0) is 21.3. The third-order valence-electron chi connectivity index (χ3n) is 6.57. The van der Waals surface area contributed by atoms with Crippen LogP contribution >= 0.6 is 0 Å². The van der Waals surface area contributed by atoms with Gasteiger partial charge in [0.1, 0.15) is 5.56 Å². The van der Waals surface area contributed by atoms with Crippen molar-refractivity contribution in [1.82, 2.24) is 19.8 Å². The van der Waals surface area contributed by atoms with E-state index in [0.717, 1.165) is 38.9 Å². The number of hydrogen-bond acceptors (Lipinski definition) is 4. The van der Waals surface area contributed by atoms with Crippen LogP contribution in [-0.4, -0.2) is 51.9 Å². The van der Waals surface area contributed by atoms with Crippen molar-refractivity contribution in [3.05, 3.63) is 68.0 Å². The average Bonchev–Trinajstić information content (AvgIpc) is 3.11. The molecule has 7 nitrogen and oxygen atoms in total. The van der Waals surface area contributed by atoms with Gasteiger partial charge in [0.25, 0.3) is 11.5 Å². The number of carbonyl (C=O) groups is 1. The number of aromatic nitrogens is 2. The summed E-state index contributed by atoms with van der Waals surface area (Å²) in [5.41, 5.74) is 1.54. The quantitative estimate of drug-likeness (QED) is 0.810. The first-order valence-corrected chi connectivity index (χ1v) is 10.8. The van der Waals surface area contributed by atoms with Crippen molar-refractivity contribution in [3.63, 3.8) is 0 Å². The van der Waals surface area contributed by atoms with E-state index in [1.165, 1.54) is 17.3 Å². The summed E-state index contributed by atoms with van der Waals surface area (Å²) in [4.78, 5) is 44.8. The topological polar surface area (TPSA) is 89.3 Å². The number of piperidine rings is 1. The summed E-state index contributed by atoms with van der Waals surface area (Å²) < 4.78 is 0. The van der Waals surface area contributed by atoms with Gasteiger partial charge in [0, 0.05) is 37.8 Å². The van der Waals surface area contributed by atoms with Crippen LogP contribution in [-0.2, 0) is 6.54 Å². The van der Waals surface area contributed by atoms with Gasteiger partial charge in [-0.1, -0.05) is 38.1 Å². The molecule has 30 heavy (non-hydrogen) atoms. The number of nitrogens with zero attached hydrogens (tertiary/aromatic N) is 2. The molecule has 1 atom stereocenters. The first kappa shape index (κ1) is 20.6. The lowest BCUT2D eigenvalue weighted by Gasteiger charge is -2.40. The molecule has 2 N–H and O–H groups in total. The molecular weight excluding hydrogens is 380 g/mol. The molecule has 1 aromatic heterocycles. The second-order valence-electron chi connectivity index (χ2n) is 9.17. The van der Waals surface area contributed by atoms with Crippen LogP contribution in [0.25, 0.3) is 0 Å². The summed E-state index contributed by atoms with van der Waals surface area (Å²) in [5.74, 6) is 0.236. The maximum absolute atomic E-state index is 12.8. The second kappa shape index (κ2) is 8.22. The Bertz CT molecular complexity index is 1020. The molecule has 160 valence electrons. The molecule has 0 bridgehead atoms. The van der Waals surface area contributed by atoms with Gasteiger partial charge in [0.15, 0.2) is 0 Å². The van der Waals surface area contributed by atoms with Crippen LogP contribution < -0.4 is 11.2 Å². The maximum atomic E-state index is 12.8. The van der Waals surface area contributed by atoms with E-state index in [2.05, 4.69) is 53.0 Å². The Morgan fingerprint density at radius 2 is 1.87 bits per heavy atom. The maximum Gasteiger partial charge on any atom is 0.325 e. The molecule has 7 heteroatoms. The number of likely N-dealkylation sites (tertiary alicyclic amines) is 2. The van der Waals surface area contributed by atoms with E-state index in [0.29, 0.717) is 19.0 Å². The van der Waals surface area contributed by atoms with Crippen LogP contribution in [0.15, 0.2) is 40.1 Å². The van der Waals surface area contributed by atoms with Crippen molar-refractivity contribution < 1.29 is 4.79 Å². The third kappa shape index (κ3) is 4.26. The number of aromatic amines is 2. The number of benzene rings is 1. The lowest BCUT2D eigenvalue weighted by molar-refractivity contribution is 0.0673. The Labute approximate surface area is 176 Å². The fraction of sp³-hybridized carbons (Fsp3) is 0.522. The monoisotopic (exact) mass is 410 g/mol. The van der Waals surface area contributed by atoms with E-state index < -0.39 is 11.2 Å². The molecule has 0 aliphatic carbocycles. The molecule has 2 aliphatic rings. The minimum absolute atomic E-state index is 0.00422. The van der Waals surface area contributed by atoms with Gasteiger partial charge in [-0.2, -0.15) is 0 Å². The van der Waals surface area contributed by atoms with Crippen molar-refractivity contribution in [2.24, 2.45) is 5.41 Å². The largest absolute Gasteiger partial charge is 0.338 e. The highest BCUT2D eigenvalue weighted by Crippen LogP contribution is 2.39. The molecule has 0 radical (unpaired) electrons. The minimum Gasteiger partial charge on any atom is -0.338 e. The molecule has 2 saturated heterocycles. The smallest absolute Gasteiger partial charge is 0.325 e. The van der Waals surface area contributed by atoms with E-state index in [1.807, 2.05) is 0 Å². The van der Waals surface area contributed by atoms with Gasteiger partial charge < -0.3 is 9.88 Å². The minimum atomic E-state index is -0.625. The zero-order valence-electron chi connectivity index (χ0n) is 17.7. The number of nitrogens with one attached hydrogen (secondary N) is 2. The molecule has 1 aromatic carbocycles. The normalized spacial score (nSPS) is 22.2. The molecule has 2 aliphatic heterocycles. The SMILES string of the molecule is CC(C)c1ccc(CN2CCC[C@@]3(CCN(C(=O)c4c[nH]c(=O)[nH]c4=O)C3)C2)cc1. The van der Waals surface area contributed by atoms with Crippen molar-refractivity contribution in [2.75, 3.05) is 26.2 Å². The number of amides is 1. The van der Waals surface area contributed by atoms with Crippen LogP contribution in [0.1, 0.15) is 60.5 Å². The Morgan fingerprint density at radius 3 is 2.57 bits per heavy atom. The van der Waals surface area contributed by atoms with E-state index in [-0.39, 0.29) is 16.9 Å². The highest BCUT2D eigenvalue weighted by atomic mass is 16.2. The molecule has 2 aromatic rings. The molecule has 0 unspecified atom stereocenters. The molecule has 3 heterocycles. The molecule has 0 saturated carbocycles. The van der Waals surface area contributed by atoms with Crippen LogP contribution in [0.2, 0.25) is 0 Å². The second-order valence-corrected chi connectivity index (χ2v) is 9.17. The van der Waals surface area contributed by atoms with Gasteiger partial charge in [0.05, 0.1) is 0 Å². The first-order chi connectivity index (χ1) is 14.3. The Hall–Kier alpha value is -2.67. The van der Waals surface area contributed by atoms with Crippen molar-refractivity contribution in [2.45, 2.75) is 45.6 Å². The zero-order valence-corrected chi connectivity index (χ0v) is 17.7. The van der Waals surface area contributed by atoms with Crippen molar-refractivity contribution in [3.8, 4) is 0 Å². The number of carbonyl (C=O) groups excluding carboxylic acids is 1. The van der Waals surface area contributed by atoms with Gasteiger partial charge in [-0.3, -0.25) is 19.5 Å². The predicted octanol–water partition coefficient (Wildman–Crippen LogP) is 2.31. The van der Waals surface area contributed by atoms with Gasteiger partial charge in [-0.05, 0) is 42.9 Å². The lowest BCUT2D eigenvalue weighted by atomic mass is 9.79. The molecular formula is C23H30N4O3. The molecule has 2 fully saturated rings. The number of H-pyrrole nitrogens is 2. The van der Waals surface area contributed by atoms with E-state index in [4.69, 9.17) is 0 Å². The Kier molecular flexibility index (Phi) is 5.64. The van der Waals surface area contributed by atoms with Gasteiger partial charge in [0.2, 0.25) is 0 Å². The molecule has 1 spiro atoms.